The molecule has 0 aliphatic carbocycles. The first-order chi connectivity index (χ1) is 14.0. The summed E-state index contributed by atoms with van der Waals surface area (Å²) in [7, 11) is 1.62. The number of nitrogens with zero attached hydrogens (tertiary/aromatic N) is 1. The molecule has 0 radical (unpaired) electrons. The van der Waals surface area contributed by atoms with Crippen molar-refractivity contribution in [2.75, 3.05) is 26.8 Å². The molecule has 1 N–H and O–H groups in total. The van der Waals surface area contributed by atoms with Gasteiger partial charge in [0, 0.05) is 24.4 Å². The molecule has 1 unspecified atom stereocenters. The molecule has 6 nitrogen and oxygen atoms in total. The van der Waals surface area contributed by atoms with E-state index in [0.717, 1.165) is 5.56 Å². The van der Waals surface area contributed by atoms with Crippen LogP contribution < -0.4 is 14.8 Å². The molecule has 1 aliphatic heterocycles. The van der Waals surface area contributed by atoms with Gasteiger partial charge < -0.3 is 19.7 Å². The number of amides is 2. The summed E-state index contributed by atoms with van der Waals surface area (Å²) in [5.41, 5.74) is 0.589. The fourth-order valence-electron chi connectivity index (χ4n) is 3.56. The van der Waals surface area contributed by atoms with Crippen molar-refractivity contribution in [3.05, 3.63) is 23.8 Å². The van der Waals surface area contributed by atoms with Crippen LogP contribution in [0.1, 0.15) is 66.0 Å². The molecule has 2 rings (SSSR count). The lowest BCUT2D eigenvalue weighted by molar-refractivity contribution is -0.142. The molecule has 0 spiro atoms. The Morgan fingerprint density at radius 3 is 2.30 bits per heavy atom. The van der Waals surface area contributed by atoms with Gasteiger partial charge in [-0.15, -0.1) is 0 Å². The topological polar surface area (TPSA) is 67.9 Å². The van der Waals surface area contributed by atoms with Crippen LogP contribution in [0.3, 0.4) is 0 Å². The Morgan fingerprint density at radius 2 is 1.77 bits per heavy atom. The Morgan fingerprint density at radius 1 is 1.13 bits per heavy atom. The van der Waals surface area contributed by atoms with Crippen LogP contribution in [0.5, 0.6) is 11.5 Å². The van der Waals surface area contributed by atoms with E-state index in [0.29, 0.717) is 50.0 Å². The van der Waals surface area contributed by atoms with E-state index in [1.807, 2.05) is 50.8 Å². The summed E-state index contributed by atoms with van der Waals surface area (Å²) in [4.78, 5) is 27.1. The van der Waals surface area contributed by atoms with Crippen LogP contribution in [0.4, 0.5) is 0 Å². The summed E-state index contributed by atoms with van der Waals surface area (Å²) in [5.74, 6) is 1.95. The van der Waals surface area contributed by atoms with Gasteiger partial charge in [0.1, 0.15) is 0 Å². The molecule has 1 saturated heterocycles. The van der Waals surface area contributed by atoms with Gasteiger partial charge in [-0.1, -0.05) is 40.7 Å². The third kappa shape index (κ3) is 6.38. The highest BCUT2D eigenvalue weighted by Gasteiger charge is 2.32. The van der Waals surface area contributed by atoms with E-state index in [1.54, 1.807) is 7.11 Å². The van der Waals surface area contributed by atoms with Crippen molar-refractivity contribution >= 4 is 11.8 Å². The van der Waals surface area contributed by atoms with Gasteiger partial charge in [-0.3, -0.25) is 9.59 Å². The minimum Gasteiger partial charge on any atom is -0.493 e. The molecular formula is C24H38N2O4. The zero-order valence-corrected chi connectivity index (χ0v) is 19.6. The maximum atomic E-state index is 12.8. The van der Waals surface area contributed by atoms with Gasteiger partial charge in [0.2, 0.25) is 11.8 Å². The van der Waals surface area contributed by atoms with Gasteiger partial charge in [-0.05, 0) is 43.4 Å². The number of hydrogen-bond donors (Lipinski definition) is 1. The van der Waals surface area contributed by atoms with Crippen LogP contribution in [-0.4, -0.2) is 43.5 Å². The fraction of sp³-hybridized carbons (Fsp3) is 0.667. The first-order valence-electron chi connectivity index (χ1n) is 10.9. The largest absolute Gasteiger partial charge is 0.493 e. The minimum absolute atomic E-state index is 0.0458. The van der Waals surface area contributed by atoms with Crippen molar-refractivity contribution in [3.63, 3.8) is 0 Å². The van der Waals surface area contributed by atoms with Gasteiger partial charge in [-0.25, -0.2) is 0 Å². The number of hydrogen-bond acceptors (Lipinski definition) is 4. The van der Waals surface area contributed by atoms with Gasteiger partial charge in [0.05, 0.1) is 19.8 Å². The van der Waals surface area contributed by atoms with E-state index in [-0.39, 0.29) is 29.2 Å². The minimum atomic E-state index is -0.381. The zero-order valence-electron chi connectivity index (χ0n) is 19.6. The number of rotatable bonds is 7. The van der Waals surface area contributed by atoms with Crippen LogP contribution in [0.2, 0.25) is 0 Å². The maximum absolute atomic E-state index is 12.8. The van der Waals surface area contributed by atoms with Crippen LogP contribution >= 0.6 is 0 Å². The smallest absolute Gasteiger partial charge is 0.227 e. The molecule has 168 valence electrons. The number of nitrogens with one attached hydrogen (secondary N) is 1. The molecule has 1 aromatic carbocycles. The van der Waals surface area contributed by atoms with Crippen LogP contribution in [0.15, 0.2) is 18.2 Å². The Kier molecular flexibility index (Phi) is 8.16. The van der Waals surface area contributed by atoms with Crippen molar-refractivity contribution in [2.45, 2.75) is 60.4 Å². The molecule has 6 heteroatoms. The number of ether oxygens (including phenoxy) is 2. The third-order valence-electron chi connectivity index (χ3n) is 5.41. The number of carbonyl (C=O) groups is 2. The van der Waals surface area contributed by atoms with E-state index >= 15 is 0 Å². The maximum Gasteiger partial charge on any atom is 0.227 e. The number of piperidine rings is 1. The fourth-order valence-corrected chi connectivity index (χ4v) is 3.56. The molecule has 0 saturated carbocycles. The third-order valence-corrected chi connectivity index (χ3v) is 5.41. The average Bonchev–Trinajstić information content (AvgIpc) is 2.70. The first-order valence-corrected chi connectivity index (χ1v) is 10.9. The van der Waals surface area contributed by atoms with Crippen molar-refractivity contribution in [1.29, 1.82) is 0 Å². The summed E-state index contributed by atoms with van der Waals surface area (Å²) in [6.07, 6.45) is 1.40. The monoisotopic (exact) mass is 418 g/mol. The molecule has 1 heterocycles. The predicted molar refractivity (Wildman–Crippen MR) is 119 cm³/mol. The lowest BCUT2D eigenvalue weighted by Gasteiger charge is -2.35. The normalized spacial score (nSPS) is 16.3. The second-order valence-corrected chi connectivity index (χ2v) is 9.66. The molecule has 1 aromatic rings. The second-order valence-electron chi connectivity index (χ2n) is 9.66. The van der Waals surface area contributed by atoms with E-state index in [2.05, 4.69) is 19.2 Å². The van der Waals surface area contributed by atoms with Gasteiger partial charge >= 0.3 is 0 Å². The number of likely N-dealkylation sites (tertiary alicyclic amines) is 1. The van der Waals surface area contributed by atoms with Crippen molar-refractivity contribution in [1.82, 2.24) is 10.2 Å². The SMILES string of the molecule is COc1cc(C(C)NC(=O)C2CCN(C(=O)C(C)(C)C)CC2)ccc1OCC(C)C. The summed E-state index contributed by atoms with van der Waals surface area (Å²) in [6.45, 7) is 13.9. The summed E-state index contributed by atoms with van der Waals surface area (Å²) in [5, 5.41) is 3.12. The lowest BCUT2D eigenvalue weighted by atomic mass is 9.90. The summed E-state index contributed by atoms with van der Waals surface area (Å²) in [6, 6.07) is 5.65. The molecule has 1 aliphatic rings. The van der Waals surface area contributed by atoms with E-state index in [1.165, 1.54) is 0 Å². The molecule has 1 atom stereocenters. The molecule has 0 aromatic heterocycles. The predicted octanol–water partition coefficient (Wildman–Crippen LogP) is 4.19. The highest BCUT2D eigenvalue weighted by Crippen LogP contribution is 2.31. The highest BCUT2D eigenvalue weighted by molar-refractivity contribution is 5.83. The Bertz CT molecular complexity index is 731. The first kappa shape index (κ1) is 24.0. The van der Waals surface area contributed by atoms with Crippen molar-refractivity contribution in [3.8, 4) is 11.5 Å². The average molecular weight is 419 g/mol. The van der Waals surface area contributed by atoms with Crippen molar-refractivity contribution in [2.24, 2.45) is 17.3 Å². The molecule has 0 bridgehead atoms. The van der Waals surface area contributed by atoms with Gasteiger partial charge in [0.25, 0.3) is 0 Å². The Balaban J connectivity index is 1.94. The molecule has 2 amide bonds. The van der Waals surface area contributed by atoms with E-state index < -0.39 is 0 Å². The number of methoxy groups -OCH3 is 1. The van der Waals surface area contributed by atoms with Crippen molar-refractivity contribution < 1.29 is 19.1 Å². The van der Waals surface area contributed by atoms with Gasteiger partial charge in [-0.2, -0.15) is 0 Å². The summed E-state index contributed by atoms with van der Waals surface area (Å²) < 4.78 is 11.3. The Hall–Kier alpha value is -2.24. The van der Waals surface area contributed by atoms with Crippen LogP contribution in [-0.2, 0) is 9.59 Å². The quantitative estimate of drug-likeness (QED) is 0.721. The number of benzene rings is 1. The Labute approximate surface area is 181 Å². The van der Waals surface area contributed by atoms with Crippen LogP contribution in [0.25, 0.3) is 0 Å². The lowest BCUT2D eigenvalue weighted by Crippen LogP contribution is -2.46. The zero-order chi connectivity index (χ0) is 22.5. The molecular weight excluding hydrogens is 380 g/mol. The molecule has 1 fully saturated rings. The summed E-state index contributed by atoms with van der Waals surface area (Å²) >= 11 is 0. The molecule has 30 heavy (non-hydrogen) atoms. The van der Waals surface area contributed by atoms with E-state index in [9.17, 15) is 9.59 Å². The highest BCUT2D eigenvalue weighted by atomic mass is 16.5. The standard InChI is InChI=1S/C24H38N2O4/c1-16(2)15-30-20-9-8-19(14-21(20)29-7)17(3)25-22(27)18-10-12-26(13-11-18)23(28)24(4,5)6/h8-9,14,16-18H,10-13,15H2,1-7H3,(H,25,27). The van der Waals surface area contributed by atoms with Gasteiger partial charge in [0.15, 0.2) is 11.5 Å². The number of carbonyl (C=O) groups excluding carboxylic acids is 2. The van der Waals surface area contributed by atoms with E-state index in [4.69, 9.17) is 9.47 Å². The second kappa shape index (κ2) is 10.2. The van der Waals surface area contributed by atoms with Crippen LogP contribution in [0, 0.1) is 17.3 Å².